The maximum Gasteiger partial charge on any atom is 0.322 e. The molecule has 8 heteroatoms. The summed E-state index contributed by atoms with van der Waals surface area (Å²) in [6, 6.07) is 18.7. The number of rotatable bonds is 11. The number of Topliss-reactive ketones (excluding diaryl/α,β-unsaturated/α-hetero) is 1. The van der Waals surface area contributed by atoms with Gasteiger partial charge in [0, 0.05) is 11.5 Å². The number of carboxylic acids is 1. The average molecular weight is 546 g/mol. The van der Waals surface area contributed by atoms with Gasteiger partial charge in [-0.25, -0.2) is 8.42 Å². The predicted molar refractivity (Wildman–Crippen MR) is 150 cm³/mol. The van der Waals surface area contributed by atoms with Crippen LogP contribution in [0, 0.1) is 5.92 Å². The molecule has 2 N–H and O–H groups in total. The Morgan fingerprint density at radius 2 is 1.54 bits per heavy atom. The molecule has 0 saturated heterocycles. The highest BCUT2D eigenvalue weighted by Crippen LogP contribution is 2.33. The number of sulfonamides is 1. The SMILES string of the molecule is CC(=O)c1ccc(OCc2ccc(-c3ccc(S(=O)(=O)N[C@@H](C(=O)O)C(C)C)c(C4C=CC=C4)c3)cc2)cc1. The lowest BCUT2D eigenvalue weighted by atomic mass is 9.95. The summed E-state index contributed by atoms with van der Waals surface area (Å²) in [6.45, 7) is 5.19. The van der Waals surface area contributed by atoms with E-state index in [0.717, 1.165) is 16.7 Å². The number of aliphatic carboxylic acids is 1. The highest BCUT2D eigenvalue weighted by Gasteiger charge is 2.30. The number of allylic oxidation sites excluding steroid dienone is 4. The van der Waals surface area contributed by atoms with E-state index in [1.165, 1.54) is 13.0 Å². The number of hydrogen-bond donors (Lipinski definition) is 2. The first-order chi connectivity index (χ1) is 18.5. The first-order valence-electron chi connectivity index (χ1n) is 12.6. The number of ketones is 1. The Morgan fingerprint density at radius 1 is 0.923 bits per heavy atom. The largest absolute Gasteiger partial charge is 0.489 e. The van der Waals surface area contributed by atoms with Crippen LogP contribution in [0.2, 0.25) is 0 Å². The van der Waals surface area contributed by atoms with Crippen LogP contribution in [0.25, 0.3) is 11.1 Å². The van der Waals surface area contributed by atoms with Gasteiger partial charge in [-0.3, -0.25) is 9.59 Å². The second-order valence-electron chi connectivity index (χ2n) is 9.80. The molecule has 39 heavy (non-hydrogen) atoms. The van der Waals surface area contributed by atoms with Crippen molar-refractivity contribution in [2.24, 2.45) is 5.92 Å². The van der Waals surface area contributed by atoms with E-state index in [1.54, 1.807) is 44.2 Å². The van der Waals surface area contributed by atoms with Gasteiger partial charge in [0.2, 0.25) is 10.0 Å². The summed E-state index contributed by atoms with van der Waals surface area (Å²) in [5.41, 5.74) is 3.89. The summed E-state index contributed by atoms with van der Waals surface area (Å²) in [5, 5.41) is 9.51. The average Bonchev–Trinajstić information content (AvgIpc) is 3.45. The molecule has 0 spiro atoms. The second kappa shape index (κ2) is 11.8. The van der Waals surface area contributed by atoms with Crippen molar-refractivity contribution in [2.45, 2.75) is 44.2 Å². The van der Waals surface area contributed by atoms with E-state index >= 15 is 0 Å². The van der Waals surface area contributed by atoms with Gasteiger partial charge in [0.1, 0.15) is 18.4 Å². The minimum Gasteiger partial charge on any atom is -0.489 e. The third kappa shape index (κ3) is 6.71. The lowest BCUT2D eigenvalue weighted by Gasteiger charge is -2.21. The summed E-state index contributed by atoms with van der Waals surface area (Å²) in [5.74, 6) is -1.22. The van der Waals surface area contributed by atoms with Crippen molar-refractivity contribution in [1.29, 1.82) is 0 Å². The number of carboxylic acid groups (broad SMARTS) is 1. The maximum absolute atomic E-state index is 13.3. The van der Waals surface area contributed by atoms with Gasteiger partial charge in [0.15, 0.2) is 5.78 Å². The lowest BCUT2D eigenvalue weighted by Crippen LogP contribution is -2.44. The van der Waals surface area contributed by atoms with Crippen molar-refractivity contribution in [3.8, 4) is 16.9 Å². The lowest BCUT2D eigenvalue weighted by molar-refractivity contribution is -0.140. The van der Waals surface area contributed by atoms with Crippen LogP contribution in [0.15, 0.2) is 95.9 Å². The minimum absolute atomic E-state index is 0.00202. The number of carbonyl (C=O) groups is 2. The molecule has 0 aromatic heterocycles. The van der Waals surface area contributed by atoms with Crippen molar-refractivity contribution in [1.82, 2.24) is 4.72 Å². The fourth-order valence-electron chi connectivity index (χ4n) is 4.32. The van der Waals surface area contributed by atoms with Crippen LogP contribution in [-0.2, 0) is 21.4 Å². The summed E-state index contributed by atoms with van der Waals surface area (Å²) >= 11 is 0. The molecule has 0 fully saturated rings. The van der Waals surface area contributed by atoms with E-state index in [1.807, 2.05) is 54.6 Å². The van der Waals surface area contributed by atoms with Crippen LogP contribution < -0.4 is 9.46 Å². The van der Waals surface area contributed by atoms with Gasteiger partial charge >= 0.3 is 5.97 Å². The normalized spacial score (nSPS) is 14.1. The van der Waals surface area contributed by atoms with Gasteiger partial charge in [-0.15, -0.1) is 0 Å². The molecule has 1 aliphatic carbocycles. The molecule has 1 atom stereocenters. The quantitative estimate of drug-likeness (QED) is 0.298. The molecule has 0 amide bonds. The highest BCUT2D eigenvalue weighted by molar-refractivity contribution is 7.89. The van der Waals surface area contributed by atoms with Gasteiger partial charge < -0.3 is 9.84 Å². The molecule has 0 radical (unpaired) electrons. The monoisotopic (exact) mass is 545 g/mol. The van der Waals surface area contributed by atoms with Crippen LogP contribution in [0.5, 0.6) is 5.75 Å². The molecule has 4 rings (SSSR count). The topological polar surface area (TPSA) is 110 Å². The van der Waals surface area contributed by atoms with Crippen molar-refractivity contribution < 1.29 is 27.9 Å². The number of benzene rings is 3. The first kappa shape index (κ1) is 28.0. The van der Waals surface area contributed by atoms with E-state index in [-0.39, 0.29) is 16.6 Å². The zero-order valence-electron chi connectivity index (χ0n) is 22.0. The third-order valence-electron chi connectivity index (χ3n) is 6.57. The third-order valence-corrected chi connectivity index (χ3v) is 8.09. The molecule has 0 aliphatic heterocycles. The van der Waals surface area contributed by atoms with Crippen molar-refractivity contribution in [3.05, 3.63) is 108 Å². The van der Waals surface area contributed by atoms with Gasteiger partial charge in [-0.05, 0) is 71.5 Å². The van der Waals surface area contributed by atoms with Crippen LogP contribution >= 0.6 is 0 Å². The van der Waals surface area contributed by atoms with Crippen molar-refractivity contribution >= 4 is 21.8 Å². The number of hydrogen-bond acceptors (Lipinski definition) is 5. The summed E-state index contributed by atoms with van der Waals surface area (Å²) in [6.07, 6.45) is 7.52. The Morgan fingerprint density at radius 3 is 2.10 bits per heavy atom. The van der Waals surface area contributed by atoms with E-state index in [0.29, 0.717) is 23.5 Å². The van der Waals surface area contributed by atoms with Crippen LogP contribution in [0.3, 0.4) is 0 Å². The van der Waals surface area contributed by atoms with E-state index in [4.69, 9.17) is 4.74 Å². The Bertz CT molecular complexity index is 1510. The molecule has 202 valence electrons. The standard InChI is InChI=1S/C31H31NO6S/c1-20(2)30(31(34)35)32-39(36,37)29-17-14-26(18-28(29)25-6-4-5-7-25)24-10-8-22(9-11-24)19-38-27-15-12-23(13-16-27)21(3)33/h4-18,20,25,30,32H,19H2,1-3H3,(H,34,35)/t30-/m1/s1. The predicted octanol–water partition coefficient (Wildman–Crippen LogP) is 5.73. The number of ether oxygens (including phenoxy) is 1. The number of nitrogens with one attached hydrogen (secondary N) is 1. The highest BCUT2D eigenvalue weighted by atomic mass is 32.2. The van der Waals surface area contributed by atoms with Crippen LogP contribution in [0.4, 0.5) is 0 Å². The molecule has 0 unspecified atom stereocenters. The fraction of sp³-hybridized carbons (Fsp3) is 0.226. The summed E-state index contributed by atoms with van der Waals surface area (Å²) < 4.78 is 34.8. The molecule has 3 aromatic carbocycles. The molecule has 0 heterocycles. The van der Waals surface area contributed by atoms with E-state index in [9.17, 15) is 23.1 Å². The first-order valence-corrected chi connectivity index (χ1v) is 14.1. The Labute approximate surface area is 228 Å². The minimum atomic E-state index is -4.10. The molecule has 3 aromatic rings. The van der Waals surface area contributed by atoms with Gasteiger partial charge in [-0.2, -0.15) is 4.72 Å². The fourth-order valence-corrected chi connectivity index (χ4v) is 5.91. The molecular weight excluding hydrogens is 514 g/mol. The Kier molecular flexibility index (Phi) is 8.47. The molecule has 7 nitrogen and oxygen atoms in total. The summed E-state index contributed by atoms with van der Waals surface area (Å²) in [4.78, 5) is 23.1. The van der Waals surface area contributed by atoms with Gasteiger partial charge in [0.05, 0.1) is 4.90 Å². The molecule has 0 bridgehead atoms. The Hall–Kier alpha value is -4.01. The smallest absolute Gasteiger partial charge is 0.322 e. The van der Waals surface area contributed by atoms with Crippen molar-refractivity contribution in [3.63, 3.8) is 0 Å². The van der Waals surface area contributed by atoms with Crippen LogP contribution in [0.1, 0.15) is 48.2 Å². The van der Waals surface area contributed by atoms with E-state index in [2.05, 4.69) is 4.72 Å². The number of carbonyl (C=O) groups excluding carboxylic acids is 1. The molecule has 1 aliphatic rings. The Balaban J connectivity index is 1.57. The van der Waals surface area contributed by atoms with Crippen LogP contribution in [-0.4, -0.2) is 31.3 Å². The summed E-state index contributed by atoms with van der Waals surface area (Å²) in [7, 11) is -4.10. The van der Waals surface area contributed by atoms with Gasteiger partial charge in [0.25, 0.3) is 0 Å². The van der Waals surface area contributed by atoms with E-state index < -0.39 is 28.0 Å². The van der Waals surface area contributed by atoms with Crippen molar-refractivity contribution in [2.75, 3.05) is 0 Å². The molecule has 0 saturated carbocycles. The zero-order chi connectivity index (χ0) is 28.2. The second-order valence-corrected chi connectivity index (χ2v) is 11.5. The zero-order valence-corrected chi connectivity index (χ0v) is 22.8. The molecular formula is C31H31NO6S. The van der Waals surface area contributed by atoms with Gasteiger partial charge in [-0.1, -0.05) is 68.5 Å². The maximum atomic E-state index is 13.3.